The maximum absolute atomic E-state index is 13.4. The van der Waals surface area contributed by atoms with Gasteiger partial charge < -0.3 is 5.32 Å². The van der Waals surface area contributed by atoms with Crippen LogP contribution in [0.15, 0.2) is 58.2 Å². The molecule has 3 rings (SSSR count). The minimum atomic E-state index is -4.16. The summed E-state index contributed by atoms with van der Waals surface area (Å²) in [5, 5.41) is 2.83. The summed E-state index contributed by atoms with van der Waals surface area (Å²) in [4.78, 5) is 25.5. The van der Waals surface area contributed by atoms with E-state index < -0.39 is 21.5 Å². The number of nitrogens with zero attached hydrogens (tertiary/aromatic N) is 3. The summed E-state index contributed by atoms with van der Waals surface area (Å²) >= 11 is 6.14. The number of anilines is 1. The van der Waals surface area contributed by atoms with E-state index in [4.69, 9.17) is 11.6 Å². The molecule has 2 aromatic carbocycles. The maximum atomic E-state index is 13.4. The van der Waals surface area contributed by atoms with Gasteiger partial charge in [0.1, 0.15) is 5.69 Å². The average Bonchev–Trinajstić information content (AvgIpc) is 2.95. The molecule has 0 unspecified atom stereocenters. The molecule has 0 radical (unpaired) electrons. The summed E-state index contributed by atoms with van der Waals surface area (Å²) in [6.07, 6.45) is 0. The van der Waals surface area contributed by atoms with Crippen LogP contribution in [0.1, 0.15) is 29.9 Å². The number of nitrogens with one attached hydrogen (secondary N) is 1. The number of hydrogen-bond acceptors (Lipinski definition) is 4. The van der Waals surface area contributed by atoms with Crippen molar-refractivity contribution in [3.8, 4) is 5.69 Å². The number of rotatable bonds is 6. The molecule has 0 saturated carbocycles. The molecule has 0 bridgehead atoms. The second-order valence-electron chi connectivity index (χ2n) is 7.65. The van der Waals surface area contributed by atoms with E-state index in [1.807, 2.05) is 6.07 Å². The first-order valence-electron chi connectivity index (χ1n) is 9.90. The third kappa shape index (κ3) is 4.18. The number of aromatic nitrogens is 2. The van der Waals surface area contributed by atoms with E-state index in [0.29, 0.717) is 11.4 Å². The van der Waals surface area contributed by atoms with E-state index in [0.717, 1.165) is 4.31 Å². The molecule has 3 aromatic rings. The first-order chi connectivity index (χ1) is 15.0. The smallest absolute Gasteiger partial charge is 0.296 e. The summed E-state index contributed by atoms with van der Waals surface area (Å²) in [5.74, 6) is -0.480. The van der Waals surface area contributed by atoms with Gasteiger partial charge in [-0.3, -0.25) is 18.6 Å². The molecule has 1 amide bonds. The normalized spacial score (nSPS) is 11.6. The number of carbonyl (C=O) groups is 1. The standard InChI is InChI=1S/C22H25ClN4O4S/c1-14(2)24-21(28)18-13-17(11-12-19(18)23)32(30,31)26(5)20-15(3)25(4)27(22(20)29)16-9-7-6-8-10-16/h6-14H,1-5H3,(H,24,28). The lowest BCUT2D eigenvalue weighted by Crippen LogP contribution is -2.33. The predicted molar refractivity (Wildman–Crippen MR) is 125 cm³/mol. The molecular formula is C22H25ClN4O4S. The second kappa shape index (κ2) is 8.84. The quantitative estimate of drug-likeness (QED) is 0.591. The first kappa shape index (κ1) is 23.6. The minimum absolute atomic E-state index is 0.0134. The molecule has 0 atom stereocenters. The van der Waals surface area contributed by atoms with Gasteiger partial charge in [0.05, 0.1) is 26.9 Å². The van der Waals surface area contributed by atoms with Crippen LogP contribution in [0.2, 0.25) is 5.02 Å². The average molecular weight is 477 g/mol. The Morgan fingerprint density at radius 1 is 1.12 bits per heavy atom. The highest BCUT2D eigenvalue weighted by molar-refractivity contribution is 7.92. The van der Waals surface area contributed by atoms with Crippen LogP contribution in [0.4, 0.5) is 5.69 Å². The molecule has 8 nitrogen and oxygen atoms in total. The number of carbonyl (C=O) groups excluding carboxylic acids is 1. The van der Waals surface area contributed by atoms with Crippen molar-refractivity contribution in [1.82, 2.24) is 14.7 Å². The van der Waals surface area contributed by atoms with Crippen LogP contribution in [0.3, 0.4) is 0 Å². The molecule has 0 aliphatic carbocycles. The molecule has 10 heteroatoms. The molecule has 32 heavy (non-hydrogen) atoms. The zero-order valence-electron chi connectivity index (χ0n) is 18.5. The van der Waals surface area contributed by atoms with Crippen molar-refractivity contribution >= 4 is 33.2 Å². The van der Waals surface area contributed by atoms with Gasteiger partial charge in [-0.15, -0.1) is 0 Å². The van der Waals surface area contributed by atoms with Crippen molar-refractivity contribution in [2.45, 2.75) is 31.7 Å². The highest BCUT2D eigenvalue weighted by atomic mass is 35.5. The fourth-order valence-corrected chi connectivity index (χ4v) is 4.85. The van der Waals surface area contributed by atoms with Crippen molar-refractivity contribution in [2.75, 3.05) is 11.4 Å². The summed E-state index contributed by atoms with van der Waals surface area (Å²) < 4.78 is 30.7. The van der Waals surface area contributed by atoms with Crippen molar-refractivity contribution in [2.24, 2.45) is 7.05 Å². The number of sulfonamides is 1. The van der Waals surface area contributed by atoms with Crippen molar-refractivity contribution < 1.29 is 13.2 Å². The largest absolute Gasteiger partial charge is 0.350 e. The first-order valence-corrected chi connectivity index (χ1v) is 11.7. The number of halogens is 1. The Bertz CT molecular complexity index is 1330. The Kier molecular flexibility index (Phi) is 6.52. The van der Waals surface area contributed by atoms with Gasteiger partial charge in [0, 0.05) is 20.1 Å². The number of para-hydroxylation sites is 1. The fourth-order valence-electron chi connectivity index (χ4n) is 3.37. The van der Waals surface area contributed by atoms with Crippen LogP contribution in [-0.2, 0) is 17.1 Å². The summed E-state index contributed by atoms with van der Waals surface area (Å²) in [6.45, 7) is 5.25. The van der Waals surface area contributed by atoms with Gasteiger partial charge in [-0.2, -0.15) is 0 Å². The van der Waals surface area contributed by atoms with Crippen molar-refractivity contribution in [1.29, 1.82) is 0 Å². The minimum Gasteiger partial charge on any atom is -0.350 e. The Morgan fingerprint density at radius 2 is 1.75 bits per heavy atom. The van der Waals surface area contributed by atoms with Gasteiger partial charge >= 0.3 is 0 Å². The van der Waals surface area contributed by atoms with Crippen LogP contribution in [0.5, 0.6) is 0 Å². The third-order valence-corrected chi connectivity index (χ3v) is 7.18. The van der Waals surface area contributed by atoms with Gasteiger partial charge in [0.2, 0.25) is 0 Å². The van der Waals surface area contributed by atoms with E-state index in [-0.39, 0.29) is 27.2 Å². The molecule has 1 N–H and O–H groups in total. The van der Waals surface area contributed by atoms with Crippen LogP contribution in [0, 0.1) is 6.92 Å². The van der Waals surface area contributed by atoms with E-state index >= 15 is 0 Å². The van der Waals surface area contributed by atoms with Gasteiger partial charge in [-0.25, -0.2) is 13.1 Å². The molecular weight excluding hydrogens is 452 g/mol. The summed E-state index contributed by atoms with van der Waals surface area (Å²) in [7, 11) is -1.15. The van der Waals surface area contributed by atoms with Crippen molar-refractivity contribution in [3.63, 3.8) is 0 Å². The van der Waals surface area contributed by atoms with Gasteiger partial charge in [-0.1, -0.05) is 29.8 Å². The molecule has 170 valence electrons. The topological polar surface area (TPSA) is 93.4 Å². The Labute approximate surface area is 192 Å². The highest BCUT2D eigenvalue weighted by Crippen LogP contribution is 2.27. The lowest BCUT2D eigenvalue weighted by molar-refractivity contribution is 0.0943. The zero-order valence-corrected chi connectivity index (χ0v) is 20.0. The highest BCUT2D eigenvalue weighted by Gasteiger charge is 2.29. The molecule has 0 spiro atoms. The van der Waals surface area contributed by atoms with Gasteiger partial charge in [0.15, 0.2) is 0 Å². The molecule has 0 aliphatic rings. The van der Waals surface area contributed by atoms with Crippen LogP contribution >= 0.6 is 11.6 Å². The second-order valence-corrected chi connectivity index (χ2v) is 10.0. The predicted octanol–water partition coefficient (Wildman–Crippen LogP) is 3.10. The third-order valence-electron chi connectivity index (χ3n) is 5.10. The fraction of sp³-hybridized carbons (Fsp3) is 0.273. The van der Waals surface area contributed by atoms with Crippen molar-refractivity contribution in [3.05, 3.63) is 75.2 Å². The van der Waals surface area contributed by atoms with Crippen LogP contribution in [-0.4, -0.2) is 36.8 Å². The van der Waals surface area contributed by atoms with Crippen LogP contribution in [0.25, 0.3) is 5.69 Å². The molecule has 0 aliphatic heterocycles. The maximum Gasteiger partial charge on any atom is 0.296 e. The van der Waals surface area contributed by atoms with E-state index in [2.05, 4.69) is 5.32 Å². The number of amides is 1. The lowest BCUT2D eigenvalue weighted by Gasteiger charge is -2.19. The molecule has 0 fully saturated rings. The van der Waals surface area contributed by atoms with E-state index in [1.165, 1.54) is 29.9 Å². The summed E-state index contributed by atoms with van der Waals surface area (Å²) in [5.41, 5.74) is 0.658. The Morgan fingerprint density at radius 3 is 2.34 bits per heavy atom. The molecule has 0 saturated heterocycles. The SMILES string of the molecule is Cc1c(N(C)S(=O)(=O)c2ccc(Cl)c(C(=O)NC(C)C)c2)c(=O)n(-c2ccccc2)n1C. The lowest BCUT2D eigenvalue weighted by atomic mass is 10.2. The zero-order chi connectivity index (χ0) is 23.8. The van der Waals surface area contributed by atoms with Gasteiger partial charge in [-0.05, 0) is 51.1 Å². The van der Waals surface area contributed by atoms with Gasteiger partial charge in [0.25, 0.3) is 21.5 Å². The number of benzene rings is 2. The Hall–Kier alpha value is -3.04. The van der Waals surface area contributed by atoms with E-state index in [9.17, 15) is 18.0 Å². The molecule has 1 heterocycles. The van der Waals surface area contributed by atoms with Crippen LogP contribution < -0.4 is 15.2 Å². The summed E-state index contributed by atoms with van der Waals surface area (Å²) in [6, 6.07) is 12.7. The van der Waals surface area contributed by atoms with E-state index in [1.54, 1.807) is 56.8 Å². The monoisotopic (exact) mass is 476 g/mol. The number of hydrogen-bond donors (Lipinski definition) is 1. The molecule has 1 aromatic heterocycles. The Balaban J connectivity index is 2.10.